The van der Waals surface area contributed by atoms with Crippen molar-refractivity contribution in [3.63, 3.8) is 0 Å². The van der Waals surface area contributed by atoms with Gasteiger partial charge >= 0.3 is 0 Å². The highest BCUT2D eigenvalue weighted by Gasteiger charge is 2.57. The minimum absolute atomic E-state index is 0.335. The van der Waals surface area contributed by atoms with Gasteiger partial charge in [-0.3, -0.25) is 4.79 Å². The summed E-state index contributed by atoms with van der Waals surface area (Å²) < 4.78 is 0. The second-order valence-corrected chi connectivity index (χ2v) is 8.52. The van der Waals surface area contributed by atoms with Crippen molar-refractivity contribution in [1.29, 1.82) is 0 Å². The number of hydrogen-bond acceptors (Lipinski definition) is 1. The van der Waals surface area contributed by atoms with Crippen LogP contribution < -0.4 is 0 Å². The molecule has 3 fully saturated rings. The molecule has 0 N–H and O–H groups in total. The molecule has 4 aliphatic rings. The predicted octanol–water partition coefficient (Wildman–Crippen LogP) is 4.76. The zero-order valence-electron chi connectivity index (χ0n) is 13.0. The number of carbonyl (C=O) groups is 1. The van der Waals surface area contributed by atoms with Crippen LogP contribution in [0.3, 0.4) is 0 Å². The Morgan fingerprint density at radius 2 is 1.95 bits per heavy atom. The molecule has 1 unspecified atom stereocenters. The van der Waals surface area contributed by atoms with E-state index in [1.165, 1.54) is 38.5 Å². The average molecular weight is 272 g/mol. The molecule has 0 aliphatic heterocycles. The number of Topliss-reactive ketones (excluding diaryl/α,β-unsaturated/α-hetero) is 1. The van der Waals surface area contributed by atoms with Gasteiger partial charge in [0.05, 0.1) is 0 Å². The van der Waals surface area contributed by atoms with Crippen LogP contribution in [0.5, 0.6) is 0 Å². The third-order valence-electron chi connectivity index (χ3n) is 7.72. The first-order valence-electron chi connectivity index (χ1n) is 8.75. The van der Waals surface area contributed by atoms with Crippen molar-refractivity contribution in [2.75, 3.05) is 0 Å². The summed E-state index contributed by atoms with van der Waals surface area (Å²) in [5.74, 6) is 3.57. The van der Waals surface area contributed by atoms with Crippen molar-refractivity contribution in [2.24, 2.45) is 34.5 Å². The normalized spacial score (nSPS) is 54.2. The summed E-state index contributed by atoms with van der Waals surface area (Å²) in [6.45, 7) is 4.95. The highest BCUT2D eigenvalue weighted by molar-refractivity contribution is 5.82. The van der Waals surface area contributed by atoms with E-state index in [9.17, 15) is 4.79 Å². The van der Waals surface area contributed by atoms with Gasteiger partial charge in [-0.05, 0) is 73.5 Å². The van der Waals surface area contributed by atoms with E-state index in [2.05, 4.69) is 26.0 Å². The molecule has 110 valence electrons. The Morgan fingerprint density at radius 3 is 2.80 bits per heavy atom. The molecular formula is C19H28O. The van der Waals surface area contributed by atoms with E-state index in [-0.39, 0.29) is 0 Å². The topological polar surface area (TPSA) is 17.1 Å². The molecule has 6 atom stereocenters. The fourth-order valence-electron chi connectivity index (χ4n) is 6.64. The highest BCUT2D eigenvalue weighted by Crippen LogP contribution is 2.64. The Balaban J connectivity index is 1.67. The molecule has 20 heavy (non-hydrogen) atoms. The van der Waals surface area contributed by atoms with Crippen LogP contribution in [0.15, 0.2) is 12.2 Å². The molecule has 0 aromatic carbocycles. The van der Waals surface area contributed by atoms with E-state index in [4.69, 9.17) is 0 Å². The third-order valence-corrected chi connectivity index (χ3v) is 7.72. The minimum atomic E-state index is 0.335. The first-order valence-corrected chi connectivity index (χ1v) is 8.75. The molecule has 0 saturated heterocycles. The van der Waals surface area contributed by atoms with Crippen molar-refractivity contribution in [1.82, 2.24) is 0 Å². The molecule has 4 aliphatic carbocycles. The van der Waals surface area contributed by atoms with Crippen LogP contribution in [-0.2, 0) is 4.79 Å². The second kappa shape index (κ2) is 4.21. The fraction of sp³-hybridized carbons (Fsp3) is 0.842. The summed E-state index contributed by atoms with van der Waals surface area (Å²) in [5.41, 5.74) is 0.811. The summed E-state index contributed by atoms with van der Waals surface area (Å²) in [6.07, 6.45) is 14.8. The monoisotopic (exact) mass is 272 g/mol. The fourth-order valence-corrected chi connectivity index (χ4v) is 6.64. The van der Waals surface area contributed by atoms with Gasteiger partial charge in [-0.1, -0.05) is 26.0 Å². The van der Waals surface area contributed by atoms with Crippen LogP contribution in [0.2, 0.25) is 0 Å². The van der Waals surface area contributed by atoms with Gasteiger partial charge in [0.2, 0.25) is 0 Å². The van der Waals surface area contributed by atoms with Gasteiger partial charge < -0.3 is 0 Å². The molecule has 0 aromatic rings. The van der Waals surface area contributed by atoms with Crippen LogP contribution in [0.1, 0.15) is 65.2 Å². The second-order valence-electron chi connectivity index (χ2n) is 8.52. The quantitative estimate of drug-likeness (QED) is 0.581. The number of rotatable bonds is 0. The zero-order valence-corrected chi connectivity index (χ0v) is 13.0. The van der Waals surface area contributed by atoms with Crippen molar-refractivity contribution < 1.29 is 4.79 Å². The van der Waals surface area contributed by atoms with Crippen molar-refractivity contribution in [3.8, 4) is 0 Å². The summed E-state index contributed by atoms with van der Waals surface area (Å²) >= 11 is 0. The van der Waals surface area contributed by atoms with Gasteiger partial charge in [0, 0.05) is 12.3 Å². The molecule has 0 radical (unpaired) electrons. The van der Waals surface area contributed by atoms with Crippen molar-refractivity contribution >= 4 is 5.78 Å². The van der Waals surface area contributed by atoms with E-state index < -0.39 is 0 Å². The summed E-state index contributed by atoms with van der Waals surface area (Å²) in [6, 6.07) is 0. The zero-order chi connectivity index (χ0) is 14.0. The number of fused-ring (bicyclic) bond motifs is 5. The van der Waals surface area contributed by atoms with Gasteiger partial charge in [-0.25, -0.2) is 0 Å². The Kier molecular flexibility index (Phi) is 2.76. The molecule has 4 rings (SSSR count). The smallest absolute Gasteiger partial charge is 0.136 e. The maximum absolute atomic E-state index is 12.4. The Labute approximate surface area is 123 Å². The van der Waals surface area contributed by atoms with Gasteiger partial charge in [-0.15, -0.1) is 0 Å². The third kappa shape index (κ3) is 1.58. The molecule has 0 heterocycles. The first-order chi connectivity index (χ1) is 9.55. The molecule has 1 nitrogen and oxygen atoms in total. The summed E-state index contributed by atoms with van der Waals surface area (Å²) in [4.78, 5) is 12.4. The van der Waals surface area contributed by atoms with E-state index in [0.717, 1.165) is 30.6 Å². The van der Waals surface area contributed by atoms with E-state index >= 15 is 0 Å². The first kappa shape index (κ1) is 13.1. The predicted molar refractivity (Wildman–Crippen MR) is 81.3 cm³/mol. The van der Waals surface area contributed by atoms with Crippen LogP contribution in [0, 0.1) is 34.5 Å². The molecule has 1 heteroatoms. The van der Waals surface area contributed by atoms with Gasteiger partial charge in [0.15, 0.2) is 0 Å². The van der Waals surface area contributed by atoms with Crippen molar-refractivity contribution in [2.45, 2.75) is 65.2 Å². The standard InChI is InChI=1S/C19H28O/c1-18-10-3-5-14(18)13-7-8-16-17(20)6-4-11-19(16,2)15(13)9-12-18/h3,10,13-16H,4-9,11-12H2,1-2H3/t13-,14-,15-,16?,18-,19+/m0/s1. The largest absolute Gasteiger partial charge is 0.299 e. The number of hydrogen-bond donors (Lipinski definition) is 0. The number of ketones is 1. The van der Waals surface area contributed by atoms with E-state index in [0.29, 0.717) is 22.5 Å². The summed E-state index contributed by atoms with van der Waals surface area (Å²) in [5, 5.41) is 0. The molecule has 0 spiro atoms. The number of allylic oxidation sites excluding steroid dienone is 2. The molecule has 3 saturated carbocycles. The maximum atomic E-state index is 12.4. The maximum Gasteiger partial charge on any atom is 0.136 e. The van der Waals surface area contributed by atoms with Crippen molar-refractivity contribution in [3.05, 3.63) is 12.2 Å². The Hall–Kier alpha value is -0.590. The van der Waals surface area contributed by atoms with Gasteiger partial charge in [0.1, 0.15) is 5.78 Å². The SMILES string of the molecule is C[C@@]12C=CC[C@H]1[C@@H]1CCC3C(=O)CCC[C@]3(C)[C@H]1CC2. The van der Waals surface area contributed by atoms with E-state index in [1.807, 2.05) is 0 Å². The molecule has 0 bridgehead atoms. The molecule has 0 aromatic heterocycles. The van der Waals surface area contributed by atoms with Crippen LogP contribution >= 0.6 is 0 Å². The highest BCUT2D eigenvalue weighted by atomic mass is 16.1. The Bertz CT molecular complexity index is 464. The minimum Gasteiger partial charge on any atom is -0.299 e. The molecule has 0 amide bonds. The molecular weight excluding hydrogens is 244 g/mol. The van der Waals surface area contributed by atoms with Crippen LogP contribution in [0.4, 0.5) is 0 Å². The van der Waals surface area contributed by atoms with Gasteiger partial charge in [-0.2, -0.15) is 0 Å². The lowest BCUT2D eigenvalue weighted by atomic mass is 9.45. The lowest BCUT2D eigenvalue weighted by Gasteiger charge is -2.59. The lowest BCUT2D eigenvalue weighted by Crippen LogP contribution is -2.54. The Morgan fingerprint density at radius 1 is 1.10 bits per heavy atom. The van der Waals surface area contributed by atoms with Crippen LogP contribution in [-0.4, -0.2) is 5.78 Å². The average Bonchev–Trinajstić information content (AvgIpc) is 2.80. The van der Waals surface area contributed by atoms with E-state index in [1.54, 1.807) is 0 Å². The van der Waals surface area contributed by atoms with Crippen LogP contribution in [0.25, 0.3) is 0 Å². The van der Waals surface area contributed by atoms with Gasteiger partial charge in [0.25, 0.3) is 0 Å². The summed E-state index contributed by atoms with van der Waals surface area (Å²) in [7, 11) is 0. The lowest BCUT2D eigenvalue weighted by molar-refractivity contribution is -0.145. The number of carbonyl (C=O) groups excluding carboxylic acids is 1.